The van der Waals surface area contributed by atoms with Gasteiger partial charge in [0.25, 0.3) is 5.56 Å². The standard InChI is InChI=1S/C16H26N4O2/c1-10(2)13-8-20(9-14(13)19(4)5)15(21)6-12-7-17-11(3)18-16(12)22/h7,10,13-14H,6,8-9H2,1-5H3,(H,17,18,22)/t13-,14+/m1/s1. The topological polar surface area (TPSA) is 69.3 Å². The molecular weight excluding hydrogens is 280 g/mol. The average molecular weight is 306 g/mol. The van der Waals surface area contributed by atoms with E-state index < -0.39 is 0 Å². The van der Waals surface area contributed by atoms with E-state index in [0.717, 1.165) is 13.1 Å². The highest BCUT2D eigenvalue weighted by atomic mass is 16.2. The number of likely N-dealkylation sites (tertiary alicyclic amines) is 1. The molecule has 0 aromatic carbocycles. The quantitative estimate of drug-likeness (QED) is 0.887. The van der Waals surface area contributed by atoms with Crippen molar-refractivity contribution < 1.29 is 4.79 Å². The Balaban J connectivity index is 2.09. The van der Waals surface area contributed by atoms with Crippen LogP contribution in [0.2, 0.25) is 0 Å². The zero-order valence-corrected chi connectivity index (χ0v) is 14.1. The Labute approximate surface area is 131 Å². The summed E-state index contributed by atoms with van der Waals surface area (Å²) in [6.45, 7) is 7.61. The van der Waals surface area contributed by atoms with Crippen molar-refractivity contribution in [1.82, 2.24) is 19.8 Å². The predicted octanol–water partition coefficient (Wildman–Crippen LogP) is 0.665. The number of hydrogen-bond donors (Lipinski definition) is 1. The molecule has 6 heteroatoms. The predicted molar refractivity (Wildman–Crippen MR) is 85.7 cm³/mol. The molecular formula is C16H26N4O2. The van der Waals surface area contributed by atoms with Gasteiger partial charge in [0.1, 0.15) is 5.82 Å². The van der Waals surface area contributed by atoms with Crippen LogP contribution in [0.1, 0.15) is 25.2 Å². The largest absolute Gasteiger partial charge is 0.340 e. The SMILES string of the molecule is Cc1ncc(CC(=O)N2C[C@H](C(C)C)[C@@H](N(C)C)C2)c(=O)[nH]1. The van der Waals surface area contributed by atoms with Gasteiger partial charge in [0.05, 0.1) is 6.42 Å². The molecule has 1 N–H and O–H groups in total. The lowest BCUT2D eigenvalue weighted by Gasteiger charge is -2.27. The van der Waals surface area contributed by atoms with Gasteiger partial charge in [-0.3, -0.25) is 9.59 Å². The molecule has 122 valence electrons. The van der Waals surface area contributed by atoms with E-state index >= 15 is 0 Å². The van der Waals surface area contributed by atoms with Crippen LogP contribution in [0.4, 0.5) is 0 Å². The molecule has 1 fully saturated rings. The first kappa shape index (κ1) is 16.7. The van der Waals surface area contributed by atoms with Crippen LogP contribution in [0.25, 0.3) is 0 Å². The molecule has 0 radical (unpaired) electrons. The van der Waals surface area contributed by atoms with Crippen molar-refractivity contribution in [2.24, 2.45) is 11.8 Å². The lowest BCUT2D eigenvalue weighted by Crippen LogP contribution is -2.38. The van der Waals surface area contributed by atoms with Crippen molar-refractivity contribution in [2.75, 3.05) is 27.2 Å². The first-order valence-electron chi connectivity index (χ1n) is 7.78. The van der Waals surface area contributed by atoms with Gasteiger partial charge in [-0.15, -0.1) is 0 Å². The van der Waals surface area contributed by atoms with Gasteiger partial charge in [-0.05, 0) is 32.9 Å². The summed E-state index contributed by atoms with van der Waals surface area (Å²) in [5, 5.41) is 0. The van der Waals surface area contributed by atoms with Crippen LogP contribution < -0.4 is 5.56 Å². The third-order valence-electron chi connectivity index (χ3n) is 4.55. The number of carbonyl (C=O) groups is 1. The van der Waals surface area contributed by atoms with E-state index in [1.807, 2.05) is 4.90 Å². The normalized spacial score (nSPS) is 21.9. The lowest BCUT2D eigenvalue weighted by atomic mass is 9.91. The van der Waals surface area contributed by atoms with E-state index in [9.17, 15) is 9.59 Å². The number of rotatable bonds is 4. The van der Waals surface area contributed by atoms with Crippen molar-refractivity contribution in [1.29, 1.82) is 0 Å². The molecule has 0 saturated carbocycles. The summed E-state index contributed by atoms with van der Waals surface area (Å²) in [5.41, 5.74) is 0.217. The van der Waals surface area contributed by atoms with E-state index in [4.69, 9.17) is 0 Å². The molecule has 2 rings (SSSR count). The first-order valence-corrected chi connectivity index (χ1v) is 7.78. The van der Waals surface area contributed by atoms with Gasteiger partial charge in [-0.25, -0.2) is 4.98 Å². The van der Waals surface area contributed by atoms with Gasteiger partial charge in [-0.2, -0.15) is 0 Å². The summed E-state index contributed by atoms with van der Waals surface area (Å²) < 4.78 is 0. The van der Waals surface area contributed by atoms with Gasteiger partial charge in [0.2, 0.25) is 5.91 Å². The molecule has 0 unspecified atom stereocenters. The number of H-pyrrole nitrogens is 1. The Morgan fingerprint density at radius 3 is 2.64 bits per heavy atom. The molecule has 6 nitrogen and oxygen atoms in total. The summed E-state index contributed by atoms with van der Waals surface area (Å²) >= 11 is 0. The third-order valence-corrected chi connectivity index (χ3v) is 4.55. The Morgan fingerprint density at radius 2 is 2.14 bits per heavy atom. The maximum Gasteiger partial charge on any atom is 0.254 e. The second-order valence-electron chi connectivity index (χ2n) is 6.74. The number of aromatic nitrogens is 2. The summed E-state index contributed by atoms with van der Waals surface area (Å²) in [4.78, 5) is 35.2. The average Bonchev–Trinajstić information content (AvgIpc) is 2.87. The summed E-state index contributed by atoms with van der Waals surface area (Å²) in [6, 6.07) is 0.373. The minimum Gasteiger partial charge on any atom is -0.340 e. The Morgan fingerprint density at radius 1 is 1.45 bits per heavy atom. The molecule has 0 spiro atoms. The first-order chi connectivity index (χ1) is 10.3. The number of nitrogens with one attached hydrogen (secondary N) is 1. The molecule has 22 heavy (non-hydrogen) atoms. The highest BCUT2D eigenvalue weighted by Crippen LogP contribution is 2.27. The van der Waals surface area contributed by atoms with Crippen LogP contribution in [-0.2, 0) is 11.2 Å². The third kappa shape index (κ3) is 3.55. The molecule has 1 aromatic heterocycles. The van der Waals surface area contributed by atoms with Crippen LogP contribution in [0.3, 0.4) is 0 Å². The van der Waals surface area contributed by atoms with Crippen molar-refractivity contribution in [3.8, 4) is 0 Å². The maximum absolute atomic E-state index is 12.5. The maximum atomic E-state index is 12.5. The van der Waals surface area contributed by atoms with E-state index in [2.05, 4.69) is 42.8 Å². The van der Waals surface area contributed by atoms with Crippen molar-refractivity contribution >= 4 is 5.91 Å². The van der Waals surface area contributed by atoms with E-state index in [0.29, 0.717) is 29.3 Å². The van der Waals surface area contributed by atoms with Crippen molar-refractivity contribution in [3.05, 3.63) is 27.9 Å². The fraction of sp³-hybridized carbons (Fsp3) is 0.688. The number of aromatic amines is 1. The van der Waals surface area contributed by atoms with Crippen molar-refractivity contribution in [3.63, 3.8) is 0 Å². The summed E-state index contributed by atoms with van der Waals surface area (Å²) in [6.07, 6.45) is 1.62. The van der Waals surface area contributed by atoms with Crippen LogP contribution >= 0.6 is 0 Å². The Hall–Kier alpha value is -1.69. The molecule has 0 bridgehead atoms. The number of carbonyl (C=O) groups excluding carboxylic acids is 1. The highest BCUT2D eigenvalue weighted by Gasteiger charge is 2.37. The van der Waals surface area contributed by atoms with Crippen molar-refractivity contribution in [2.45, 2.75) is 33.2 Å². The fourth-order valence-corrected chi connectivity index (χ4v) is 3.13. The van der Waals surface area contributed by atoms with Gasteiger partial charge < -0.3 is 14.8 Å². The highest BCUT2D eigenvalue weighted by molar-refractivity contribution is 5.79. The minimum absolute atomic E-state index is 0.00570. The number of likely N-dealkylation sites (N-methyl/N-ethyl adjacent to an activating group) is 1. The smallest absolute Gasteiger partial charge is 0.254 e. The van der Waals surface area contributed by atoms with Crippen LogP contribution in [-0.4, -0.2) is 58.9 Å². The number of amides is 1. The van der Waals surface area contributed by atoms with E-state index in [1.165, 1.54) is 6.20 Å². The van der Waals surface area contributed by atoms with Crippen LogP contribution in [0, 0.1) is 18.8 Å². The molecule has 1 saturated heterocycles. The minimum atomic E-state index is -0.218. The van der Waals surface area contributed by atoms with Crippen LogP contribution in [0.5, 0.6) is 0 Å². The second-order valence-corrected chi connectivity index (χ2v) is 6.74. The number of hydrogen-bond acceptors (Lipinski definition) is 4. The second kappa shape index (κ2) is 6.60. The van der Waals surface area contributed by atoms with Crippen LogP contribution in [0.15, 0.2) is 11.0 Å². The molecule has 2 heterocycles. The zero-order chi connectivity index (χ0) is 16.4. The summed E-state index contributed by atoms with van der Waals surface area (Å²) in [7, 11) is 4.12. The van der Waals surface area contributed by atoms with Gasteiger partial charge in [0, 0.05) is 30.9 Å². The Kier molecular flexibility index (Phi) is 5.01. The van der Waals surface area contributed by atoms with Gasteiger partial charge >= 0.3 is 0 Å². The molecule has 1 amide bonds. The number of nitrogens with zero attached hydrogens (tertiary/aromatic N) is 3. The number of aryl methyl sites for hydroxylation is 1. The monoisotopic (exact) mass is 306 g/mol. The van der Waals surface area contributed by atoms with E-state index in [1.54, 1.807) is 6.92 Å². The van der Waals surface area contributed by atoms with Gasteiger partial charge in [-0.1, -0.05) is 13.8 Å². The van der Waals surface area contributed by atoms with E-state index in [-0.39, 0.29) is 17.9 Å². The fourth-order valence-electron chi connectivity index (χ4n) is 3.13. The molecule has 1 aromatic rings. The summed E-state index contributed by atoms with van der Waals surface area (Å²) in [5.74, 6) is 1.56. The Bertz CT molecular complexity index is 578. The van der Waals surface area contributed by atoms with Gasteiger partial charge in [0.15, 0.2) is 0 Å². The zero-order valence-electron chi connectivity index (χ0n) is 14.1. The molecule has 1 aliphatic rings. The lowest BCUT2D eigenvalue weighted by molar-refractivity contribution is -0.129. The molecule has 2 atom stereocenters. The molecule has 1 aliphatic heterocycles. The molecule has 0 aliphatic carbocycles.